The molecule has 3 aromatic heterocycles. The van der Waals surface area contributed by atoms with Crippen molar-refractivity contribution in [3.05, 3.63) is 108 Å². The number of rotatable bonds is 32. The van der Waals surface area contributed by atoms with Crippen LogP contribution in [-0.4, -0.2) is 251 Å². The lowest BCUT2D eigenvalue weighted by atomic mass is 9.95. The fourth-order valence-electron chi connectivity index (χ4n) is 9.28. The fraction of sp³-hybridized carbons (Fsp3) is 0.566. The Morgan fingerprint density at radius 2 is 0.845 bits per heavy atom. The van der Waals surface area contributed by atoms with Gasteiger partial charge in [0.25, 0.3) is 0 Å². The Morgan fingerprint density at radius 1 is 0.464 bits per heavy atom. The Balaban J connectivity index is 0.000000694. The number of ether oxygens (including phenoxy) is 13. The number of esters is 2. The van der Waals surface area contributed by atoms with Crippen LogP contribution in [0.2, 0.25) is 0 Å². The molecule has 6 rings (SSSR count). The molecule has 0 spiro atoms. The third kappa shape index (κ3) is 42.9. The van der Waals surface area contributed by atoms with E-state index >= 15 is 0 Å². The first kappa shape index (κ1) is 99.1. The molecule has 0 fully saturated rings. The smallest absolute Gasteiger partial charge is 0.418 e. The third-order valence-electron chi connectivity index (χ3n) is 13.7. The van der Waals surface area contributed by atoms with Gasteiger partial charge in [-0.2, -0.15) is 0 Å². The highest BCUT2D eigenvalue weighted by molar-refractivity contribution is 14.1. The zero-order chi connectivity index (χ0) is 82.9. The van der Waals surface area contributed by atoms with Crippen molar-refractivity contribution < 1.29 is 120 Å². The molecule has 33 nitrogen and oxygen atoms in total. The summed E-state index contributed by atoms with van der Waals surface area (Å²) in [5, 5.41) is 38.9. The van der Waals surface area contributed by atoms with Crippen LogP contribution in [0.25, 0.3) is 32.7 Å². The number of carbonyl (C=O) groups excluding carboxylic acids is 8. The van der Waals surface area contributed by atoms with Crippen LogP contribution >= 0.6 is 22.6 Å². The largest absolute Gasteiger partial charge is 0.481 e. The van der Waals surface area contributed by atoms with Gasteiger partial charge in [0.1, 0.15) is 22.4 Å². The van der Waals surface area contributed by atoms with Gasteiger partial charge >= 0.3 is 54.5 Å². The second-order valence-electron chi connectivity index (χ2n) is 27.2. The topological polar surface area (TPSA) is 434 Å². The zero-order valence-corrected chi connectivity index (χ0v) is 68.5. The van der Waals surface area contributed by atoms with Crippen molar-refractivity contribution in [1.29, 1.82) is 0 Å². The minimum absolute atomic E-state index is 0.00750. The summed E-state index contributed by atoms with van der Waals surface area (Å²) in [4.78, 5) is 108. The molecule has 0 aliphatic carbocycles. The van der Waals surface area contributed by atoms with E-state index in [0.717, 1.165) is 43.8 Å². The Labute approximate surface area is 657 Å². The summed E-state index contributed by atoms with van der Waals surface area (Å²) < 4.78 is 69.1. The molecular formula is C76H117IN8O25. The standard InChI is InChI=1S/C22H30N2O7.C19H26N2O5.C13H13NO4.C9H18INO3.C9H19NO4.C4H11NO2/c1-22(2,3)31-20(26)23-11-13-30-12-10-16(19(25)28-4)17-14-24(21(27)29-5)18-9-7-6-8-15(17)18;1-19(2,3)26-18(24)20-9-11-25-10-8-14(17(22)23)15-12-21-16-7-5-4-6-13(15)16;1-17-12(15)7-9-8-14(13(16)18-2)11-6-4-3-5-10(9)11;1-9(2,3)14-8(12)11-5-7-13-6-4-10;1-9(2,3)14-8(12)10-4-6-13-7-5-11;5-1-3-7-4-2-6/h6-9,14,16H,10-13H2,1-5H3,(H,23,26);4-7,12,14,21H,8-11H2,1-3H3,(H,20,24)(H,22,23);3-6,8H,7H2,1-2H3;4-7H2,1-3H3,(H,11,12);11H,4-7H2,1-3H3,(H,10,12);6H,1-5H2. The minimum Gasteiger partial charge on any atom is -0.481 e. The molecule has 618 valence electrons. The van der Waals surface area contributed by atoms with Crippen molar-refractivity contribution in [2.24, 2.45) is 5.73 Å². The van der Waals surface area contributed by atoms with E-state index in [0.29, 0.717) is 88.7 Å². The number of alkyl halides is 1. The number of nitrogens with one attached hydrogen (secondary N) is 5. The van der Waals surface area contributed by atoms with Crippen molar-refractivity contribution in [2.75, 3.05) is 145 Å². The van der Waals surface area contributed by atoms with Gasteiger partial charge in [-0.05, 0) is 131 Å². The van der Waals surface area contributed by atoms with Gasteiger partial charge in [-0.15, -0.1) is 0 Å². The third-order valence-corrected chi connectivity index (χ3v) is 14.2. The fourth-order valence-corrected chi connectivity index (χ4v) is 9.59. The monoisotopic (exact) mass is 1670 g/mol. The zero-order valence-electron chi connectivity index (χ0n) is 66.3. The van der Waals surface area contributed by atoms with Crippen LogP contribution in [0.3, 0.4) is 0 Å². The van der Waals surface area contributed by atoms with Gasteiger partial charge in [0.2, 0.25) is 0 Å². The lowest BCUT2D eigenvalue weighted by Gasteiger charge is -2.19. The molecule has 10 N–H and O–H groups in total. The quantitative estimate of drug-likeness (QED) is 0.00623. The van der Waals surface area contributed by atoms with Crippen LogP contribution in [0.1, 0.15) is 124 Å². The summed E-state index contributed by atoms with van der Waals surface area (Å²) in [7, 11) is 5.27. The van der Waals surface area contributed by atoms with E-state index in [4.69, 9.17) is 72.8 Å². The number of para-hydroxylation sites is 3. The average molecular weight is 1670 g/mol. The van der Waals surface area contributed by atoms with Crippen LogP contribution in [0, 0.1) is 0 Å². The van der Waals surface area contributed by atoms with Gasteiger partial charge in [-0.3, -0.25) is 23.5 Å². The first-order valence-electron chi connectivity index (χ1n) is 35.5. The van der Waals surface area contributed by atoms with Gasteiger partial charge in [0.15, 0.2) is 0 Å². The molecule has 2 atom stereocenters. The molecule has 3 aromatic carbocycles. The molecule has 0 aliphatic heterocycles. The number of nitrogens with zero attached hydrogens (tertiary/aromatic N) is 2. The SMILES string of the molecule is CC(C)(C)OC(=O)NCCOCCC(C(=O)O)c1c[nH]c2ccccc12.CC(C)(C)OC(=O)NCCOCCI.CC(C)(C)OC(=O)NCCOCCO.COC(=O)C(CCOCCNC(=O)OC(C)(C)C)c1cn(C(=O)OC)c2ccccc12.COC(=O)Cc1cn(C(=O)OC)c2ccccc12.NCCOCCO. The molecule has 0 saturated carbocycles. The van der Waals surface area contributed by atoms with E-state index in [9.17, 15) is 48.3 Å². The van der Waals surface area contributed by atoms with Crippen LogP contribution in [0.5, 0.6) is 0 Å². The van der Waals surface area contributed by atoms with Crippen molar-refractivity contribution in [3.8, 4) is 0 Å². The predicted octanol–water partition coefficient (Wildman–Crippen LogP) is 10.1. The number of aromatic nitrogens is 3. The van der Waals surface area contributed by atoms with Crippen molar-refractivity contribution >= 4 is 110 Å². The molecule has 110 heavy (non-hydrogen) atoms. The maximum absolute atomic E-state index is 12.5. The molecule has 0 radical (unpaired) electrons. The predicted molar refractivity (Wildman–Crippen MR) is 421 cm³/mol. The van der Waals surface area contributed by atoms with Crippen LogP contribution < -0.4 is 27.0 Å². The summed E-state index contributed by atoms with van der Waals surface area (Å²) in [5.41, 5.74) is 7.45. The molecule has 0 aliphatic rings. The highest BCUT2D eigenvalue weighted by atomic mass is 127. The molecular weight excluding hydrogens is 1550 g/mol. The molecule has 34 heteroatoms. The number of aromatic amines is 1. The highest BCUT2D eigenvalue weighted by Gasteiger charge is 2.28. The Kier molecular flexibility index (Phi) is 48.6. The number of hydrogen-bond acceptors (Lipinski definition) is 25. The summed E-state index contributed by atoms with van der Waals surface area (Å²) in [5.74, 6) is -2.93. The first-order valence-corrected chi connectivity index (χ1v) is 37.0. The molecule has 4 amide bonds. The van der Waals surface area contributed by atoms with Crippen molar-refractivity contribution in [1.82, 2.24) is 35.4 Å². The minimum atomic E-state index is -0.884. The van der Waals surface area contributed by atoms with Crippen LogP contribution in [0.15, 0.2) is 91.4 Å². The summed E-state index contributed by atoms with van der Waals surface area (Å²) in [6.07, 6.45) is 2.88. The molecule has 0 bridgehead atoms. The number of amides is 4. The second-order valence-corrected chi connectivity index (χ2v) is 28.3. The van der Waals surface area contributed by atoms with Crippen molar-refractivity contribution in [3.63, 3.8) is 0 Å². The normalized spacial score (nSPS) is 11.6. The number of carboxylic acid groups (broad SMARTS) is 1. The number of benzene rings is 3. The van der Waals surface area contributed by atoms with Crippen LogP contribution in [-0.2, 0) is 82.4 Å². The Bertz CT molecular complexity index is 3640. The number of carbonyl (C=O) groups is 9. The maximum Gasteiger partial charge on any atom is 0.418 e. The van der Waals surface area contributed by atoms with Gasteiger partial charge in [-0.1, -0.05) is 77.2 Å². The summed E-state index contributed by atoms with van der Waals surface area (Å²) in [6.45, 7) is 27.6. The van der Waals surface area contributed by atoms with E-state index in [1.807, 2.05) is 75.4 Å². The number of nitrogens with two attached hydrogens (primary N) is 1. The van der Waals surface area contributed by atoms with E-state index in [1.165, 1.54) is 37.6 Å². The second kappa shape index (κ2) is 53.9. The van der Waals surface area contributed by atoms with Gasteiger partial charge < -0.3 is 109 Å². The number of hydrogen-bond donors (Lipinski definition) is 9. The lowest BCUT2D eigenvalue weighted by molar-refractivity contribution is -0.143. The number of carboxylic acids is 1. The molecule has 0 saturated heterocycles. The van der Waals surface area contributed by atoms with E-state index in [-0.39, 0.29) is 58.6 Å². The number of alkyl carbamates (subject to hydrolysis) is 4. The van der Waals surface area contributed by atoms with Gasteiger partial charge in [0, 0.05) is 90.6 Å². The number of methoxy groups -OCH3 is 4. The molecule has 6 aromatic rings. The number of halogens is 1. The highest BCUT2D eigenvalue weighted by Crippen LogP contribution is 2.32. The summed E-state index contributed by atoms with van der Waals surface area (Å²) >= 11 is 2.23. The Morgan fingerprint density at radius 3 is 1.25 bits per heavy atom. The van der Waals surface area contributed by atoms with Gasteiger partial charge in [-0.25, -0.2) is 28.8 Å². The van der Waals surface area contributed by atoms with E-state index in [2.05, 4.69) is 53.6 Å². The van der Waals surface area contributed by atoms with Crippen LogP contribution in [0.4, 0.5) is 28.8 Å². The number of aliphatic hydroxyl groups excluding tert-OH is 2. The Hall–Kier alpha value is -8.88. The van der Waals surface area contributed by atoms with E-state index in [1.54, 1.807) is 99.1 Å². The van der Waals surface area contributed by atoms with E-state index < -0.39 is 82.7 Å². The summed E-state index contributed by atoms with van der Waals surface area (Å²) in [6, 6.07) is 22.2. The number of aliphatic hydroxyl groups is 2. The number of H-pyrrole nitrogens is 1. The number of aliphatic carboxylic acids is 1. The van der Waals surface area contributed by atoms with Gasteiger partial charge in [0.05, 0.1) is 124 Å². The lowest BCUT2D eigenvalue weighted by Crippen LogP contribution is -2.34. The molecule has 2 unspecified atom stereocenters. The number of fused-ring (bicyclic) bond motifs is 3. The maximum atomic E-state index is 12.5. The first-order chi connectivity index (χ1) is 51.9. The molecule has 3 heterocycles. The average Bonchev–Trinajstić information content (AvgIpc) is 1.64. The van der Waals surface area contributed by atoms with Crippen molar-refractivity contribution in [2.45, 2.75) is 137 Å².